The molecule has 274 valence electrons. The molecule has 2 atom stereocenters. The molecule has 0 bridgehead atoms. The molecule has 0 fully saturated rings. The first kappa shape index (κ1) is 38.8. The maximum atomic E-state index is 13.8. The molecule has 4 aromatic rings. The summed E-state index contributed by atoms with van der Waals surface area (Å²) >= 11 is 1.60. The van der Waals surface area contributed by atoms with Crippen LogP contribution in [0.4, 0.5) is 10.1 Å². The molecule has 2 aromatic carbocycles. The summed E-state index contributed by atoms with van der Waals surface area (Å²) in [6, 6.07) is 22.4. The Labute approximate surface area is 314 Å². The Balaban J connectivity index is 1.68. The molecule has 2 unspecified atom stereocenters. The number of nitriles is 1. The van der Waals surface area contributed by atoms with E-state index in [0.29, 0.717) is 47.6 Å². The fourth-order valence-electron chi connectivity index (χ4n) is 6.92. The summed E-state index contributed by atoms with van der Waals surface area (Å²) in [5, 5.41) is 16.7. The summed E-state index contributed by atoms with van der Waals surface area (Å²) in [6.45, 7) is 15.3. The third-order valence-electron chi connectivity index (χ3n) is 9.96. The molecule has 9 heteroatoms. The molecule has 1 aliphatic heterocycles. The topological polar surface area (TPSA) is 100 Å². The van der Waals surface area contributed by atoms with Gasteiger partial charge >= 0.3 is 0 Å². The van der Waals surface area contributed by atoms with Gasteiger partial charge in [0.15, 0.2) is 16.8 Å². The first-order valence-electron chi connectivity index (χ1n) is 19.4. The third kappa shape index (κ3) is 9.51. The van der Waals surface area contributed by atoms with Crippen LogP contribution >= 0.6 is 11.3 Å². The van der Waals surface area contributed by atoms with Gasteiger partial charge in [-0.3, -0.25) is 4.79 Å². The lowest BCUT2D eigenvalue weighted by Gasteiger charge is -2.30. The van der Waals surface area contributed by atoms with Crippen molar-refractivity contribution in [2.45, 2.75) is 106 Å². The number of aliphatic imine (C=N–C) groups is 1. The van der Waals surface area contributed by atoms with Gasteiger partial charge in [-0.15, -0.1) is 5.10 Å². The zero-order valence-corrected chi connectivity index (χ0v) is 32.8. The zero-order chi connectivity index (χ0) is 37.0. The van der Waals surface area contributed by atoms with Crippen molar-refractivity contribution in [3.8, 4) is 17.3 Å². The summed E-state index contributed by atoms with van der Waals surface area (Å²) in [5.74, 6) is 1.78. The molecule has 0 radical (unpaired) electrons. The molecule has 0 aliphatic carbocycles. The van der Waals surface area contributed by atoms with Crippen LogP contribution in [0.2, 0.25) is 0 Å². The molecule has 0 spiro atoms. The molecule has 0 amide bonds. The summed E-state index contributed by atoms with van der Waals surface area (Å²) in [4.78, 5) is 32.0. The molecule has 8 nitrogen and oxygen atoms in total. The normalized spacial score (nSPS) is 14.9. The van der Waals surface area contributed by atoms with E-state index in [9.17, 15) is 10.1 Å². The highest BCUT2D eigenvalue weighted by Gasteiger charge is 2.35. The number of aromatic nitrogens is 4. The fraction of sp³-hybridized carbons (Fsp3) is 0.488. The number of allylic oxidation sites excluding steroid dienone is 2. The second kappa shape index (κ2) is 18.9. The maximum absolute atomic E-state index is 13.8. The molecule has 3 heterocycles. The molecular formula is C43H55N7OS. The van der Waals surface area contributed by atoms with Crippen molar-refractivity contribution in [3.63, 3.8) is 0 Å². The molecule has 5 rings (SSSR count). The van der Waals surface area contributed by atoms with E-state index in [2.05, 4.69) is 69.7 Å². The van der Waals surface area contributed by atoms with Crippen LogP contribution in [0.25, 0.3) is 11.3 Å². The number of thiazole rings is 1. The molecule has 0 saturated carbocycles. The number of hydrogen-bond acceptors (Lipinski definition) is 8. The largest absolute Gasteiger partial charge is 0.347 e. The van der Waals surface area contributed by atoms with Crippen LogP contribution in [0.3, 0.4) is 0 Å². The Hall–Kier alpha value is -4.42. The average Bonchev–Trinajstić information content (AvgIpc) is 3.78. The van der Waals surface area contributed by atoms with Gasteiger partial charge in [0.2, 0.25) is 0 Å². The van der Waals surface area contributed by atoms with Crippen LogP contribution in [-0.2, 0) is 6.42 Å². The van der Waals surface area contributed by atoms with Crippen molar-refractivity contribution in [2.24, 2.45) is 22.7 Å². The van der Waals surface area contributed by atoms with Crippen LogP contribution in [0.15, 0.2) is 76.8 Å². The number of hydrogen-bond donors (Lipinski definition) is 0. The maximum Gasteiger partial charge on any atom is 0.291 e. The SMILES string of the molecule is CCCCC(CC)CN(CC(CC)CCCC)c1nc(-c2ccccc2)c(N=C2C(CC(C)C)=C(C#N)C(=O)n3nc(Cc4ccccc4)nc32)s1. The minimum Gasteiger partial charge on any atom is -0.347 e. The average molecular weight is 718 g/mol. The van der Waals surface area contributed by atoms with Gasteiger partial charge in [0.05, 0.1) is 0 Å². The summed E-state index contributed by atoms with van der Waals surface area (Å²) in [6.07, 6.45) is 10.5. The van der Waals surface area contributed by atoms with Gasteiger partial charge in [0.1, 0.15) is 28.0 Å². The van der Waals surface area contributed by atoms with E-state index < -0.39 is 5.91 Å². The highest BCUT2D eigenvalue weighted by molar-refractivity contribution is 7.19. The van der Waals surface area contributed by atoms with E-state index in [1.807, 2.05) is 48.5 Å². The van der Waals surface area contributed by atoms with Crippen LogP contribution < -0.4 is 4.90 Å². The van der Waals surface area contributed by atoms with E-state index in [1.165, 1.54) is 43.2 Å². The second-order valence-electron chi connectivity index (χ2n) is 14.5. The lowest BCUT2D eigenvalue weighted by atomic mass is 9.91. The van der Waals surface area contributed by atoms with Crippen molar-refractivity contribution >= 4 is 33.1 Å². The summed E-state index contributed by atoms with van der Waals surface area (Å²) in [7, 11) is 0. The van der Waals surface area contributed by atoms with Gasteiger partial charge in [-0.1, -0.05) is 152 Å². The zero-order valence-electron chi connectivity index (χ0n) is 31.9. The van der Waals surface area contributed by atoms with Gasteiger partial charge in [-0.05, 0) is 42.6 Å². The quantitative estimate of drug-likeness (QED) is 0.0957. The van der Waals surface area contributed by atoms with Crippen molar-refractivity contribution in [1.29, 1.82) is 5.26 Å². The predicted octanol–water partition coefficient (Wildman–Crippen LogP) is 10.9. The van der Waals surface area contributed by atoms with Gasteiger partial charge in [0.25, 0.3) is 5.91 Å². The van der Waals surface area contributed by atoms with Crippen LogP contribution in [0.1, 0.15) is 121 Å². The molecule has 0 N–H and O–H groups in total. The Morgan fingerprint density at radius 3 is 2.06 bits per heavy atom. The van der Waals surface area contributed by atoms with E-state index >= 15 is 0 Å². The lowest BCUT2D eigenvalue weighted by molar-refractivity contribution is 0.0941. The number of anilines is 1. The Morgan fingerprint density at radius 2 is 1.50 bits per heavy atom. The molecule has 52 heavy (non-hydrogen) atoms. The predicted molar refractivity (Wildman–Crippen MR) is 215 cm³/mol. The van der Waals surface area contributed by atoms with Gasteiger partial charge in [0, 0.05) is 30.6 Å². The molecule has 2 aromatic heterocycles. The number of rotatable bonds is 19. The summed E-state index contributed by atoms with van der Waals surface area (Å²) in [5.41, 5.74) is 4.05. The Bertz CT molecular complexity index is 1850. The van der Waals surface area contributed by atoms with Crippen molar-refractivity contribution in [3.05, 3.63) is 89.0 Å². The summed E-state index contributed by atoms with van der Waals surface area (Å²) < 4.78 is 1.29. The monoisotopic (exact) mass is 717 g/mol. The van der Waals surface area contributed by atoms with E-state index in [4.69, 9.17) is 15.0 Å². The van der Waals surface area contributed by atoms with E-state index in [-0.39, 0.29) is 11.5 Å². The molecule has 0 saturated heterocycles. The number of carbonyl (C=O) groups excluding carboxylic acids is 1. The van der Waals surface area contributed by atoms with Crippen molar-refractivity contribution in [2.75, 3.05) is 18.0 Å². The van der Waals surface area contributed by atoms with Crippen LogP contribution in [0, 0.1) is 29.1 Å². The highest BCUT2D eigenvalue weighted by atomic mass is 32.1. The van der Waals surface area contributed by atoms with Crippen LogP contribution in [-0.4, -0.2) is 44.5 Å². The minimum absolute atomic E-state index is 0.0761. The number of fused-ring (bicyclic) bond motifs is 1. The number of nitrogens with zero attached hydrogens (tertiary/aromatic N) is 7. The standard InChI is InChI=1S/C43H55N7OS/c1-7-11-19-31(9-3)28-49(29-32(10-4)20-12-8-2)43-47-38(34-23-17-14-18-24-34)41(52-43)46-39-35(25-30(5)6)36(27-44)42(51)50-40(39)45-37(48-50)26-33-21-15-13-16-22-33/h13-18,21-24,30-32H,7-12,19-20,25-26,28-29H2,1-6H3. The number of benzene rings is 2. The van der Waals surface area contributed by atoms with E-state index in [1.54, 1.807) is 11.3 Å². The molecule has 1 aliphatic rings. The van der Waals surface area contributed by atoms with Crippen molar-refractivity contribution < 1.29 is 4.79 Å². The first-order chi connectivity index (χ1) is 25.3. The van der Waals surface area contributed by atoms with E-state index in [0.717, 1.165) is 52.9 Å². The number of carbonyl (C=O) groups is 1. The lowest BCUT2D eigenvalue weighted by Crippen LogP contribution is -2.34. The van der Waals surface area contributed by atoms with Gasteiger partial charge < -0.3 is 4.90 Å². The Morgan fingerprint density at radius 1 is 0.885 bits per heavy atom. The van der Waals surface area contributed by atoms with Crippen LogP contribution in [0.5, 0.6) is 0 Å². The third-order valence-corrected chi connectivity index (χ3v) is 11.0. The minimum atomic E-state index is -0.450. The second-order valence-corrected chi connectivity index (χ2v) is 15.5. The smallest absolute Gasteiger partial charge is 0.291 e. The fourth-order valence-corrected chi connectivity index (χ4v) is 7.90. The number of unbranched alkanes of at least 4 members (excludes halogenated alkanes) is 2. The van der Waals surface area contributed by atoms with Gasteiger partial charge in [-0.25, -0.2) is 15.0 Å². The molecular weight excluding hydrogens is 663 g/mol. The highest BCUT2D eigenvalue weighted by Crippen LogP contribution is 2.42. The first-order valence-corrected chi connectivity index (χ1v) is 20.2. The van der Waals surface area contributed by atoms with Gasteiger partial charge in [-0.2, -0.15) is 9.94 Å². The Kier molecular flexibility index (Phi) is 14.1. The van der Waals surface area contributed by atoms with Crippen molar-refractivity contribution in [1.82, 2.24) is 19.7 Å².